The standard InChI is InChI=1S/C14H10BrCl2F3N2O3S.C12H6BrCl2F3N2O2S/c1-25-7-22(12-4-8(16)6-21-13(12)15)26(23,24)9-2-3-11(17)10(5-9)14(18,19)20;13-11-10(3-6(14)5-19-11)20-23(21,22)7-1-2-9(15)8(4-7)12(16,17)18/h2-6H,7H2,1H3;1-5,20H. The van der Waals surface area contributed by atoms with Gasteiger partial charge in [-0.15, -0.1) is 0 Å². The number of halogens is 12. The summed E-state index contributed by atoms with van der Waals surface area (Å²) in [5.41, 5.74) is -2.52. The molecule has 0 saturated carbocycles. The van der Waals surface area contributed by atoms with E-state index in [9.17, 15) is 43.2 Å². The Labute approximate surface area is 311 Å². The highest BCUT2D eigenvalue weighted by Crippen LogP contribution is 2.39. The summed E-state index contributed by atoms with van der Waals surface area (Å²) in [6.45, 7) is -0.479. The number of anilines is 2. The lowest BCUT2D eigenvalue weighted by molar-refractivity contribution is -0.138. The number of benzene rings is 2. The Hall–Kier alpha value is -2.10. The van der Waals surface area contributed by atoms with E-state index in [4.69, 9.17) is 51.1 Å². The summed E-state index contributed by atoms with van der Waals surface area (Å²) in [4.78, 5) is 6.46. The summed E-state index contributed by atoms with van der Waals surface area (Å²) in [6, 6.07) is 7.14. The molecule has 0 fully saturated rings. The maximum Gasteiger partial charge on any atom is 0.417 e. The lowest BCUT2D eigenvalue weighted by Gasteiger charge is -2.24. The molecule has 0 bridgehead atoms. The summed E-state index contributed by atoms with van der Waals surface area (Å²) in [5, 5.41) is -0.924. The van der Waals surface area contributed by atoms with E-state index in [1.807, 2.05) is 0 Å². The number of pyridine rings is 2. The molecule has 49 heavy (non-hydrogen) atoms. The Balaban J connectivity index is 0.000000267. The molecule has 0 aliphatic rings. The largest absolute Gasteiger partial charge is 0.417 e. The van der Waals surface area contributed by atoms with Gasteiger partial charge in [-0.2, -0.15) is 26.3 Å². The van der Waals surface area contributed by atoms with Crippen molar-refractivity contribution >= 4 is 110 Å². The highest BCUT2D eigenvalue weighted by Gasteiger charge is 2.37. The lowest BCUT2D eigenvalue weighted by Crippen LogP contribution is -2.33. The van der Waals surface area contributed by atoms with E-state index < -0.39 is 70.1 Å². The molecule has 4 rings (SSSR count). The van der Waals surface area contributed by atoms with Crippen LogP contribution in [0.2, 0.25) is 20.1 Å². The fourth-order valence-corrected chi connectivity index (χ4v) is 7.81. The SMILES string of the molecule is COCN(c1cc(Cl)cnc1Br)S(=O)(=O)c1ccc(Cl)c(C(F)(F)F)c1.O=S(=O)(Nc1cc(Cl)cnc1Br)c1ccc(Cl)c(C(F)(F)F)c1. The molecule has 266 valence electrons. The van der Waals surface area contributed by atoms with Crippen LogP contribution >= 0.6 is 78.3 Å². The van der Waals surface area contributed by atoms with Crippen LogP contribution in [-0.2, 0) is 37.1 Å². The van der Waals surface area contributed by atoms with Gasteiger partial charge in [0.05, 0.1) is 52.4 Å². The molecule has 23 heteroatoms. The molecule has 0 spiro atoms. The molecule has 0 aliphatic carbocycles. The van der Waals surface area contributed by atoms with Gasteiger partial charge in [0.2, 0.25) is 0 Å². The number of rotatable bonds is 8. The minimum atomic E-state index is -4.81. The van der Waals surface area contributed by atoms with E-state index in [1.165, 1.54) is 31.6 Å². The van der Waals surface area contributed by atoms with Crippen LogP contribution in [0.5, 0.6) is 0 Å². The van der Waals surface area contributed by atoms with Crippen molar-refractivity contribution in [1.29, 1.82) is 0 Å². The van der Waals surface area contributed by atoms with Crippen molar-refractivity contribution in [3.8, 4) is 0 Å². The van der Waals surface area contributed by atoms with E-state index in [1.54, 1.807) is 0 Å². The first-order chi connectivity index (χ1) is 22.5. The Morgan fingerprint density at radius 1 is 0.755 bits per heavy atom. The van der Waals surface area contributed by atoms with Crippen LogP contribution in [0.3, 0.4) is 0 Å². The molecule has 0 amide bonds. The number of methoxy groups -OCH3 is 1. The molecule has 0 radical (unpaired) electrons. The molecule has 0 atom stereocenters. The predicted octanol–water partition coefficient (Wildman–Crippen LogP) is 9.94. The number of hydrogen-bond donors (Lipinski definition) is 1. The smallest absolute Gasteiger partial charge is 0.363 e. The number of hydrogen-bond acceptors (Lipinski definition) is 7. The summed E-state index contributed by atoms with van der Waals surface area (Å²) >= 11 is 28.7. The predicted molar refractivity (Wildman–Crippen MR) is 179 cm³/mol. The minimum Gasteiger partial charge on any atom is -0.363 e. The minimum absolute atomic E-state index is 0.00265. The Morgan fingerprint density at radius 2 is 1.22 bits per heavy atom. The van der Waals surface area contributed by atoms with Gasteiger partial charge in [-0.25, -0.2) is 31.1 Å². The van der Waals surface area contributed by atoms with E-state index in [0.717, 1.165) is 28.6 Å². The Kier molecular flexibility index (Phi) is 13.5. The topological polar surface area (TPSA) is 119 Å². The zero-order valence-corrected chi connectivity index (χ0v) is 31.5. The third kappa shape index (κ3) is 10.5. The van der Waals surface area contributed by atoms with Crippen molar-refractivity contribution in [3.63, 3.8) is 0 Å². The Bertz CT molecular complexity index is 2080. The number of alkyl halides is 6. The fraction of sp³-hybridized carbons (Fsp3) is 0.154. The van der Waals surface area contributed by atoms with Crippen molar-refractivity contribution in [2.24, 2.45) is 0 Å². The van der Waals surface area contributed by atoms with Crippen molar-refractivity contribution in [3.05, 3.63) is 101 Å². The molecule has 0 saturated heterocycles. The molecule has 2 heterocycles. The van der Waals surface area contributed by atoms with E-state index in [-0.39, 0.29) is 30.6 Å². The van der Waals surface area contributed by atoms with Crippen LogP contribution in [-0.4, -0.2) is 40.6 Å². The van der Waals surface area contributed by atoms with Crippen LogP contribution in [0.25, 0.3) is 0 Å². The monoisotopic (exact) mass is 940 g/mol. The van der Waals surface area contributed by atoms with Crippen molar-refractivity contribution in [2.75, 3.05) is 22.9 Å². The third-order valence-corrected chi connectivity index (χ3v) is 11.1. The maximum absolute atomic E-state index is 13.1. The van der Waals surface area contributed by atoms with Gasteiger partial charge < -0.3 is 4.74 Å². The zero-order valence-electron chi connectivity index (χ0n) is 23.7. The number of ether oxygens (including phenoxy) is 1. The van der Waals surface area contributed by atoms with Crippen LogP contribution in [0.4, 0.5) is 37.7 Å². The molecule has 9 nitrogen and oxygen atoms in total. The van der Waals surface area contributed by atoms with Crippen LogP contribution < -0.4 is 9.03 Å². The third-order valence-electron chi connectivity index (χ3n) is 5.74. The van der Waals surface area contributed by atoms with Crippen molar-refractivity contribution < 1.29 is 47.9 Å². The second kappa shape index (κ2) is 16.1. The van der Waals surface area contributed by atoms with Gasteiger partial charge >= 0.3 is 12.4 Å². The first-order valence-electron chi connectivity index (χ1n) is 12.4. The second-order valence-corrected chi connectivity index (χ2v) is 15.8. The highest BCUT2D eigenvalue weighted by molar-refractivity contribution is 9.10. The van der Waals surface area contributed by atoms with Gasteiger partial charge in [0.25, 0.3) is 20.0 Å². The summed E-state index contributed by atoms with van der Waals surface area (Å²) in [7, 11) is -7.49. The number of sulfonamides is 2. The van der Waals surface area contributed by atoms with Crippen LogP contribution in [0, 0.1) is 0 Å². The summed E-state index contributed by atoms with van der Waals surface area (Å²) < 4.78 is 136. The molecule has 2 aromatic heterocycles. The van der Waals surface area contributed by atoms with Crippen LogP contribution in [0.15, 0.2) is 79.9 Å². The molecular formula is C26H16Br2Cl4F6N4O5S2. The van der Waals surface area contributed by atoms with E-state index in [0.29, 0.717) is 12.1 Å². The normalized spacial score (nSPS) is 12.3. The van der Waals surface area contributed by atoms with Gasteiger partial charge in [-0.3, -0.25) is 4.72 Å². The number of aromatic nitrogens is 2. The summed E-state index contributed by atoms with van der Waals surface area (Å²) in [6.07, 6.45) is -7.04. The van der Waals surface area contributed by atoms with Gasteiger partial charge in [-0.05, 0) is 80.4 Å². The lowest BCUT2D eigenvalue weighted by atomic mass is 10.2. The first-order valence-corrected chi connectivity index (χ1v) is 18.4. The Morgan fingerprint density at radius 3 is 1.73 bits per heavy atom. The molecule has 0 aliphatic heterocycles. The van der Waals surface area contributed by atoms with Crippen molar-refractivity contribution in [1.82, 2.24) is 9.97 Å². The highest BCUT2D eigenvalue weighted by atomic mass is 79.9. The second-order valence-electron chi connectivity index (χ2n) is 9.11. The average Bonchev–Trinajstić information content (AvgIpc) is 2.98. The summed E-state index contributed by atoms with van der Waals surface area (Å²) in [5.74, 6) is 0. The molecule has 1 N–H and O–H groups in total. The van der Waals surface area contributed by atoms with E-state index in [2.05, 4.69) is 46.5 Å². The molecular weight excluding hydrogens is 928 g/mol. The van der Waals surface area contributed by atoms with Gasteiger partial charge in [0.15, 0.2) is 0 Å². The van der Waals surface area contributed by atoms with Crippen LogP contribution in [0.1, 0.15) is 11.1 Å². The zero-order chi connectivity index (χ0) is 37.1. The molecule has 0 unspecified atom stereocenters. The van der Waals surface area contributed by atoms with Crippen molar-refractivity contribution in [2.45, 2.75) is 22.1 Å². The maximum atomic E-state index is 13.1. The number of nitrogens with one attached hydrogen (secondary N) is 1. The molecule has 2 aromatic carbocycles. The fourth-order valence-electron chi connectivity index (χ4n) is 3.57. The average molecular weight is 944 g/mol. The van der Waals surface area contributed by atoms with Gasteiger partial charge in [0, 0.05) is 19.5 Å². The van der Waals surface area contributed by atoms with Gasteiger partial charge in [-0.1, -0.05) is 46.4 Å². The number of nitrogens with zero attached hydrogens (tertiary/aromatic N) is 3. The quantitative estimate of drug-likeness (QED) is 0.106. The van der Waals surface area contributed by atoms with E-state index >= 15 is 0 Å². The molecule has 4 aromatic rings. The first kappa shape index (κ1) is 41.3. The van der Waals surface area contributed by atoms with Gasteiger partial charge in [0.1, 0.15) is 15.9 Å².